The summed E-state index contributed by atoms with van der Waals surface area (Å²) in [5, 5.41) is 3.06. The molecule has 5 nitrogen and oxygen atoms in total. The lowest BCUT2D eigenvalue weighted by Crippen LogP contribution is -2.48. The zero-order valence-electron chi connectivity index (χ0n) is 16.6. The van der Waals surface area contributed by atoms with Gasteiger partial charge in [-0.25, -0.2) is 0 Å². The van der Waals surface area contributed by atoms with Crippen molar-refractivity contribution < 1.29 is 4.79 Å². The second-order valence-corrected chi connectivity index (χ2v) is 7.50. The van der Waals surface area contributed by atoms with Crippen LogP contribution in [0.4, 0.5) is 0 Å². The van der Waals surface area contributed by atoms with E-state index in [1.54, 1.807) is 6.20 Å². The van der Waals surface area contributed by atoms with Crippen molar-refractivity contribution >= 4 is 5.91 Å². The Bertz CT molecular complexity index is 751. The summed E-state index contributed by atoms with van der Waals surface area (Å²) in [6.45, 7) is 9.48. The van der Waals surface area contributed by atoms with Crippen LogP contribution in [0.15, 0.2) is 42.7 Å². The molecule has 5 heteroatoms. The smallest absolute Gasteiger partial charge is 0.251 e. The Kier molecular flexibility index (Phi) is 6.58. The van der Waals surface area contributed by atoms with E-state index < -0.39 is 0 Å². The van der Waals surface area contributed by atoms with Crippen LogP contribution in [0.1, 0.15) is 29.3 Å². The maximum Gasteiger partial charge on any atom is 0.251 e. The van der Waals surface area contributed by atoms with Crippen LogP contribution < -0.4 is 5.32 Å². The third-order valence-electron chi connectivity index (χ3n) is 5.49. The number of piperazine rings is 1. The standard InChI is InChI=1S/C22H30N4O/c1-17-16-23-10-9-21(17)19-4-6-20(7-5-19)22(27)24-11-8-18(2)26-14-12-25(3)13-15-26/h4-7,9-10,16,18H,8,11-15H2,1-3H3,(H,24,27). The first-order valence-electron chi connectivity index (χ1n) is 9.76. The second kappa shape index (κ2) is 9.11. The molecule has 1 aromatic heterocycles. The van der Waals surface area contributed by atoms with Gasteiger partial charge >= 0.3 is 0 Å². The van der Waals surface area contributed by atoms with E-state index in [1.807, 2.05) is 43.5 Å². The molecule has 0 radical (unpaired) electrons. The van der Waals surface area contributed by atoms with Crippen LogP contribution in [0.2, 0.25) is 0 Å². The lowest BCUT2D eigenvalue weighted by atomic mass is 10.0. The average molecular weight is 367 g/mol. The van der Waals surface area contributed by atoms with Crippen molar-refractivity contribution in [3.63, 3.8) is 0 Å². The number of nitrogens with one attached hydrogen (secondary N) is 1. The van der Waals surface area contributed by atoms with Gasteiger partial charge in [0.25, 0.3) is 5.91 Å². The van der Waals surface area contributed by atoms with E-state index in [0.717, 1.165) is 49.3 Å². The zero-order valence-corrected chi connectivity index (χ0v) is 16.6. The van der Waals surface area contributed by atoms with E-state index in [9.17, 15) is 4.79 Å². The number of aromatic nitrogens is 1. The first-order chi connectivity index (χ1) is 13.0. The maximum absolute atomic E-state index is 12.4. The van der Waals surface area contributed by atoms with Crippen molar-refractivity contribution in [2.24, 2.45) is 0 Å². The molecule has 3 rings (SSSR count). The summed E-state index contributed by atoms with van der Waals surface area (Å²) in [4.78, 5) is 21.4. The van der Waals surface area contributed by atoms with Crippen LogP contribution in [0.3, 0.4) is 0 Å². The Morgan fingerprint density at radius 3 is 2.52 bits per heavy atom. The highest BCUT2D eigenvalue weighted by Crippen LogP contribution is 2.22. The summed E-state index contributed by atoms with van der Waals surface area (Å²) in [5.41, 5.74) is 4.10. The molecular formula is C22H30N4O. The minimum absolute atomic E-state index is 0.00132. The number of rotatable bonds is 6. The van der Waals surface area contributed by atoms with Crippen molar-refractivity contribution in [2.75, 3.05) is 39.8 Å². The quantitative estimate of drug-likeness (QED) is 0.854. The molecule has 0 spiro atoms. The van der Waals surface area contributed by atoms with Crippen molar-refractivity contribution in [1.82, 2.24) is 20.1 Å². The van der Waals surface area contributed by atoms with Gasteiger partial charge in [0.05, 0.1) is 0 Å². The molecule has 1 amide bonds. The van der Waals surface area contributed by atoms with E-state index in [-0.39, 0.29) is 5.91 Å². The van der Waals surface area contributed by atoms with Gasteiger partial charge in [-0.2, -0.15) is 0 Å². The van der Waals surface area contributed by atoms with Gasteiger partial charge in [-0.05, 0) is 62.2 Å². The molecule has 2 aromatic rings. The van der Waals surface area contributed by atoms with Gasteiger partial charge in [0.2, 0.25) is 0 Å². The molecule has 27 heavy (non-hydrogen) atoms. The highest BCUT2D eigenvalue weighted by Gasteiger charge is 2.19. The summed E-state index contributed by atoms with van der Waals surface area (Å²) in [7, 11) is 2.17. The van der Waals surface area contributed by atoms with Crippen LogP contribution >= 0.6 is 0 Å². The van der Waals surface area contributed by atoms with Crippen LogP contribution in [-0.4, -0.2) is 66.5 Å². The minimum atomic E-state index is -0.00132. The van der Waals surface area contributed by atoms with Gasteiger partial charge in [0.15, 0.2) is 0 Å². The van der Waals surface area contributed by atoms with E-state index >= 15 is 0 Å². The molecule has 1 fully saturated rings. The van der Waals surface area contributed by atoms with Gasteiger partial charge in [0.1, 0.15) is 0 Å². The van der Waals surface area contributed by atoms with E-state index in [4.69, 9.17) is 0 Å². The Morgan fingerprint density at radius 2 is 1.85 bits per heavy atom. The van der Waals surface area contributed by atoms with E-state index in [0.29, 0.717) is 18.2 Å². The summed E-state index contributed by atoms with van der Waals surface area (Å²) in [6.07, 6.45) is 4.63. The second-order valence-electron chi connectivity index (χ2n) is 7.50. The van der Waals surface area contributed by atoms with Crippen LogP contribution in [0, 0.1) is 6.92 Å². The largest absolute Gasteiger partial charge is 0.352 e. The lowest BCUT2D eigenvalue weighted by Gasteiger charge is -2.36. The predicted octanol–water partition coefficient (Wildman–Crippen LogP) is 2.81. The number of carbonyl (C=O) groups is 1. The van der Waals surface area contributed by atoms with E-state index in [2.05, 4.69) is 34.1 Å². The van der Waals surface area contributed by atoms with Crippen molar-refractivity contribution in [3.8, 4) is 11.1 Å². The van der Waals surface area contributed by atoms with Crippen LogP contribution in [0.25, 0.3) is 11.1 Å². The molecule has 1 saturated heterocycles. The first kappa shape index (κ1) is 19.5. The number of aryl methyl sites for hydroxylation is 1. The molecular weight excluding hydrogens is 336 g/mol. The Morgan fingerprint density at radius 1 is 1.15 bits per heavy atom. The molecule has 0 aliphatic carbocycles. The summed E-state index contributed by atoms with van der Waals surface area (Å²) >= 11 is 0. The minimum Gasteiger partial charge on any atom is -0.352 e. The van der Waals surface area contributed by atoms with Gasteiger partial charge in [-0.3, -0.25) is 14.7 Å². The number of likely N-dealkylation sites (N-methyl/N-ethyl adjacent to an activating group) is 1. The number of nitrogens with zero attached hydrogens (tertiary/aromatic N) is 3. The lowest BCUT2D eigenvalue weighted by molar-refractivity contribution is 0.0935. The van der Waals surface area contributed by atoms with Gasteiger partial charge in [-0.15, -0.1) is 0 Å². The molecule has 1 unspecified atom stereocenters. The molecule has 144 valence electrons. The Balaban J connectivity index is 1.49. The summed E-state index contributed by atoms with van der Waals surface area (Å²) in [6, 6.07) is 10.3. The molecule has 1 aliphatic heterocycles. The third-order valence-corrected chi connectivity index (χ3v) is 5.49. The van der Waals surface area contributed by atoms with Crippen LogP contribution in [0.5, 0.6) is 0 Å². The molecule has 1 N–H and O–H groups in total. The van der Waals surface area contributed by atoms with Gasteiger partial charge < -0.3 is 10.2 Å². The number of amides is 1. The maximum atomic E-state index is 12.4. The Labute approximate surface area is 162 Å². The number of pyridine rings is 1. The first-order valence-corrected chi connectivity index (χ1v) is 9.76. The topological polar surface area (TPSA) is 48.5 Å². The fourth-order valence-electron chi connectivity index (χ4n) is 3.54. The molecule has 1 aliphatic rings. The molecule has 0 saturated carbocycles. The van der Waals surface area contributed by atoms with Crippen molar-refractivity contribution in [3.05, 3.63) is 53.9 Å². The highest BCUT2D eigenvalue weighted by atomic mass is 16.1. The summed E-state index contributed by atoms with van der Waals surface area (Å²) in [5.74, 6) is -0.00132. The fourth-order valence-corrected chi connectivity index (χ4v) is 3.54. The van der Waals surface area contributed by atoms with Crippen molar-refractivity contribution in [1.29, 1.82) is 0 Å². The number of carbonyl (C=O) groups excluding carboxylic acids is 1. The summed E-state index contributed by atoms with van der Waals surface area (Å²) < 4.78 is 0. The monoisotopic (exact) mass is 366 g/mol. The highest BCUT2D eigenvalue weighted by molar-refractivity contribution is 5.94. The zero-order chi connectivity index (χ0) is 19.2. The molecule has 0 bridgehead atoms. The molecule has 2 heterocycles. The Hall–Kier alpha value is -2.24. The number of hydrogen-bond acceptors (Lipinski definition) is 4. The number of benzene rings is 1. The van der Waals surface area contributed by atoms with Crippen LogP contribution in [-0.2, 0) is 0 Å². The normalized spacial score (nSPS) is 16.9. The molecule has 1 aromatic carbocycles. The van der Waals surface area contributed by atoms with E-state index in [1.165, 1.54) is 0 Å². The van der Waals surface area contributed by atoms with Gasteiger partial charge in [-0.1, -0.05) is 12.1 Å². The SMILES string of the molecule is Cc1cnccc1-c1ccc(C(=O)NCCC(C)N2CCN(C)CC2)cc1. The van der Waals surface area contributed by atoms with Gasteiger partial charge in [0, 0.05) is 56.7 Å². The van der Waals surface area contributed by atoms with Crippen molar-refractivity contribution in [2.45, 2.75) is 26.3 Å². The predicted molar refractivity (Wildman–Crippen MR) is 110 cm³/mol. The average Bonchev–Trinajstić information content (AvgIpc) is 2.69. The molecule has 1 atom stereocenters. The third kappa shape index (κ3) is 5.15. The fraction of sp³-hybridized carbons (Fsp3) is 0.455. The number of hydrogen-bond donors (Lipinski definition) is 1.